The number of carbonyl (C=O) groups is 1. The lowest BCUT2D eigenvalue weighted by Gasteiger charge is -2.15. The standard InChI is InChI=1S/C21H17F2NO/c1-14(24-21(25)20-18(22)8-5-9-19(20)23)15-10-12-17(13-11-15)16-6-3-2-4-7-16/h2-14H,1H3,(H,24,25)/t14-/m0/s1. The number of amides is 1. The van der Waals surface area contributed by atoms with Gasteiger partial charge in [0.2, 0.25) is 0 Å². The third-order valence-electron chi connectivity index (χ3n) is 4.06. The van der Waals surface area contributed by atoms with E-state index in [1.807, 2.05) is 54.6 Å². The highest BCUT2D eigenvalue weighted by Crippen LogP contribution is 2.22. The third kappa shape index (κ3) is 3.74. The van der Waals surface area contributed by atoms with Gasteiger partial charge in [-0.05, 0) is 35.7 Å². The maximum absolute atomic E-state index is 13.7. The molecular weight excluding hydrogens is 320 g/mol. The van der Waals surface area contributed by atoms with E-state index in [2.05, 4.69) is 5.32 Å². The van der Waals surface area contributed by atoms with E-state index in [4.69, 9.17) is 0 Å². The van der Waals surface area contributed by atoms with E-state index in [9.17, 15) is 13.6 Å². The Hall–Kier alpha value is -3.01. The molecule has 0 saturated heterocycles. The molecule has 0 aliphatic carbocycles. The molecule has 0 bridgehead atoms. The van der Waals surface area contributed by atoms with Crippen LogP contribution in [0.1, 0.15) is 28.9 Å². The first-order valence-electron chi connectivity index (χ1n) is 7.96. The molecule has 0 fully saturated rings. The van der Waals surface area contributed by atoms with Crippen molar-refractivity contribution in [2.45, 2.75) is 13.0 Å². The molecule has 0 radical (unpaired) electrons. The summed E-state index contributed by atoms with van der Waals surface area (Å²) in [6.07, 6.45) is 0. The molecule has 1 N–H and O–H groups in total. The Kier molecular flexibility index (Phi) is 4.89. The third-order valence-corrected chi connectivity index (χ3v) is 4.06. The van der Waals surface area contributed by atoms with Crippen molar-refractivity contribution in [2.24, 2.45) is 0 Å². The Morgan fingerprint density at radius 2 is 1.36 bits per heavy atom. The molecule has 0 unspecified atom stereocenters. The average molecular weight is 337 g/mol. The summed E-state index contributed by atoms with van der Waals surface area (Å²) >= 11 is 0. The number of hydrogen-bond donors (Lipinski definition) is 1. The largest absolute Gasteiger partial charge is 0.345 e. The molecule has 3 rings (SSSR count). The van der Waals surface area contributed by atoms with Gasteiger partial charge in [0.15, 0.2) is 0 Å². The first-order chi connectivity index (χ1) is 12.1. The Morgan fingerprint density at radius 1 is 0.800 bits per heavy atom. The van der Waals surface area contributed by atoms with Crippen LogP contribution in [0.2, 0.25) is 0 Å². The Balaban J connectivity index is 1.75. The van der Waals surface area contributed by atoms with Gasteiger partial charge in [0, 0.05) is 0 Å². The van der Waals surface area contributed by atoms with Crippen LogP contribution in [0.3, 0.4) is 0 Å². The van der Waals surface area contributed by atoms with E-state index in [0.717, 1.165) is 28.8 Å². The number of benzene rings is 3. The Labute approximate surface area is 145 Å². The Morgan fingerprint density at radius 3 is 1.96 bits per heavy atom. The van der Waals surface area contributed by atoms with Crippen molar-refractivity contribution in [3.63, 3.8) is 0 Å². The molecular formula is C21H17F2NO. The summed E-state index contributed by atoms with van der Waals surface area (Å²) < 4.78 is 27.4. The van der Waals surface area contributed by atoms with E-state index in [0.29, 0.717) is 0 Å². The van der Waals surface area contributed by atoms with Gasteiger partial charge in [0.1, 0.15) is 17.2 Å². The summed E-state index contributed by atoms with van der Waals surface area (Å²) in [5.41, 5.74) is 2.45. The predicted octanol–water partition coefficient (Wildman–Crippen LogP) is 5.12. The van der Waals surface area contributed by atoms with E-state index in [1.165, 1.54) is 6.07 Å². The highest BCUT2D eigenvalue weighted by Gasteiger charge is 2.19. The highest BCUT2D eigenvalue weighted by atomic mass is 19.1. The molecule has 0 aliphatic heterocycles. The molecule has 1 atom stereocenters. The van der Waals surface area contributed by atoms with Gasteiger partial charge in [0.25, 0.3) is 5.91 Å². The predicted molar refractivity (Wildman–Crippen MR) is 94.1 cm³/mol. The van der Waals surface area contributed by atoms with Gasteiger partial charge in [-0.15, -0.1) is 0 Å². The molecule has 1 amide bonds. The molecule has 3 aromatic rings. The van der Waals surface area contributed by atoms with Crippen LogP contribution in [0.5, 0.6) is 0 Å². The van der Waals surface area contributed by atoms with Crippen molar-refractivity contribution in [3.05, 3.63) is 95.6 Å². The first kappa shape index (κ1) is 16.8. The van der Waals surface area contributed by atoms with E-state index in [-0.39, 0.29) is 6.04 Å². The van der Waals surface area contributed by atoms with Gasteiger partial charge in [-0.3, -0.25) is 4.79 Å². The molecule has 0 aliphatic rings. The molecule has 126 valence electrons. The Bertz CT molecular complexity index is 856. The SMILES string of the molecule is C[C@H](NC(=O)c1c(F)cccc1F)c1ccc(-c2ccccc2)cc1. The van der Waals surface area contributed by atoms with Crippen molar-refractivity contribution in [3.8, 4) is 11.1 Å². The minimum absolute atomic E-state index is 0.378. The lowest BCUT2D eigenvalue weighted by Crippen LogP contribution is -2.28. The van der Waals surface area contributed by atoms with E-state index in [1.54, 1.807) is 6.92 Å². The van der Waals surface area contributed by atoms with Crippen LogP contribution in [0.4, 0.5) is 8.78 Å². The van der Waals surface area contributed by atoms with Crippen LogP contribution in [-0.2, 0) is 0 Å². The van der Waals surface area contributed by atoms with Gasteiger partial charge in [-0.25, -0.2) is 8.78 Å². The zero-order valence-electron chi connectivity index (χ0n) is 13.7. The van der Waals surface area contributed by atoms with Crippen molar-refractivity contribution in [2.75, 3.05) is 0 Å². The summed E-state index contributed by atoms with van der Waals surface area (Å²) in [6.45, 7) is 1.77. The van der Waals surface area contributed by atoms with E-state index < -0.39 is 23.1 Å². The van der Waals surface area contributed by atoms with Crippen LogP contribution in [-0.4, -0.2) is 5.91 Å². The van der Waals surface area contributed by atoms with Crippen molar-refractivity contribution in [1.82, 2.24) is 5.32 Å². The molecule has 0 aromatic heterocycles. The molecule has 3 aromatic carbocycles. The lowest BCUT2D eigenvalue weighted by atomic mass is 10.0. The highest BCUT2D eigenvalue weighted by molar-refractivity contribution is 5.95. The van der Waals surface area contributed by atoms with Gasteiger partial charge in [-0.2, -0.15) is 0 Å². The minimum Gasteiger partial charge on any atom is -0.345 e. The normalized spacial score (nSPS) is 11.8. The van der Waals surface area contributed by atoms with Crippen molar-refractivity contribution >= 4 is 5.91 Å². The van der Waals surface area contributed by atoms with Gasteiger partial charge in [-0.1, -0.05) is 60.7 Å². The van der Waals surface area contributed by atoms with E-state index >= 15 is 0 Å². The van der Waals surface area contributed by atoms with Crippen molar-refractivity contribution < 1.29 is 13.6 Å². The summed E-state index contributed by atoms with van der Waals surface area (Å²) in [4.78, 5) is 12.2. The lowest BCUT2D eigenvalue weighted by molar-refractivity contribution is 0.0931. The summed E-state index contributed by atoms with van der Waals surface area (Å²) in [6, 6.07) is 20.6. The fourth-order valence-corrected chi connectivity index (χ4v) is 2.66. The van der Waals surface area contributed by atoms with Crippen LogP contribution in [0.15, 0.2) is 72.8 Å². The topological polar surface area (TPSA) is 29.1 Å². The van der Waals surface area contributed by atoms with Gasteiger partial charge in [0.05, 0.1) is 6.04 Å². The molecule has 0 saturated carbocycles. The van der Waals surface area contributed by atoms with Crippen LogP contribution in [0.25, 0.3) is 11.1 Å². The number of halogens is 2. The quantitative estimate of drug-likeness (QED) is 0.703. The number of nitrogens with one attached hydrogen (secondary N) is 1. The maximum Gasteiger partial charge on any atom is 0.257 e. The van der Waals surface area contributed by atoms with Gasteiger partial charge < -0.3 is 5.32 Å². The molecule has 2 nitrogen and oxygen atoms in total. The van der Waals surface area contributed by atoms with Crippen LogP contribution >= 0.6 is 0 Å². The molecule has 25 heavy (non-hydrogen) atoms. The summed E-state index contributed by atoms with van der Waals surface area (Å²) in [5.74, 6) is -2.51. The average Bonchev–Trinajstić information content (AvgIpc) is 2.62. The second-order valence-corrected chi connectivity index (χ2v) is 5.78. The maximum atomic E-state index is 13.7. The zero-order valence-corrected chi connectivity index (χ0v) is 13.7. The van der Waals surface area contributed by atoms with Crippen LogP contribution < -0.4 is 5.32 Å². The smallest absolute Gasteiger partial charge is 0.257 e. The summed E-state index contributed by atoms with van der Waals surface area (Å²) in [7, 11) is 0. The fraction of sp³-hybridized carbons (Fsp3) is 0.0952. The van der Waals surface area contributed by atoms with Crippen molar-refractivity contribution in [1.29, 1.82) is 0 Å². The molecule has 4 heteroatoms. The monoisotopic (exact) mass is 337 g/mol. The molecule has 0 spiro atoms. The number of carbonyl (C=O) groups excluding carboxylic acids is 1. The minimum atomic E-state index is -0.871. The first-order valence-corrected chi connectivity index (χ1v) is 7.96. The molecule has 0 heterocycles. The number of rotatable bonds is 4. The summed E-state index contributed by atoms with van der Waals surface area (Å²) in [5, 5.41) is 2.63. The van der Waals surface area contributed by atoms with Gasteiger partial charge >= 0.3 is 0 Å². The second-order valence-electron chi connectivity index (χ2n) is 5.78. The van der Waals surface area contributed by atoms with Crippen LogP contribution in [0, 0.1) is 11.6 Å². The number of hydrogen-bond acceptors (Lipinski definition) is 1. The zero-order chi connectivity index (χ0) is 17.8. The fourth-order valence-electron chi connectivity index (χ4n) is 2.66. The second kappa shape index (κ2) is 7.26.